The summed E-state index contributed by atoms with van der Waals surface area (Å²) in [5, 5.41) is 11.2. The fourth-order valence-corrected chi connectivity index (χ4v) is 1.67. The molecule has 104 valence electrons. The van der Waals surface area contributed by atoms with Gasteiger partial charge in [-0.15, -0.1) is 5.10 Å². The van der Waals surface area contributed by atoms with Gasteiger partial charge in [0.25, 0.3) is 0 Å². The fourth-order valence-electron chi connectivity index (χ4n) is 1.67. The molecular formula is C15H24N4. The summed E-state index contributed by atoms with van der Waals surface area (Å²) in [6.07, 6.45) is 8.60. The predicted octanol–water partition coefficient (Wildman–Crippen LogP) is 2.66. The molecule has 1 heterocycles. The second-order valence-electron chi connectivity index (χ2n) is 4.62. The molecule has 1 aromatic heterocycles. The number of aromatic nitrogens is 2. The Hall–Kier alpha value is -1.68. The molecule has 0 radical (unpaired) electrons. The van der Waals surface area contributed by atoms with Gasteiger partial charge in [0.2, 0.25) is 0 Å². The molecule has 19 heavy (non-hydrogen) atoms. The molecule has 0 fully saturated rings. The number of hydrogen-bond donors (Lipinski definition) is 2. The van der Waals surface area contributed by atoms with E-state index < -0.39 is 0 Å². The van der Waals surface area contributed by atoms with Crippen molar-refractivity contribution < 1.29 is 0 Å². The second kappa shape index (κ2) is 8.43. The van der Waals surface area contributed by atoms with Gasteiger partial charge < -0.3 is 11.1 Å². The third kappa shape index (κ3) is 5.66. The van der Waals surface area contributed by atoms with Crippen molar-refractivity contribution in [3.8, 4) is 0 Å². The smallest absolute Gasteiger partial charge is 0.146 e. The van der Waals surface area contributed by atoms with Crippen LogP contribution in [0.1, 0.15) is 38.3 Å². The van der Waals surface area contributed by atoms with Crippen LogP contribution in [0, 0.1) is 0 Å². The van der Waals surface area contributed by atoms with E-state index >= 15 is 0 Å². The molecule has 1 rings (SSSR count). The highest BCUT2D eigenvalue weighted by atomic mass is 15.1. The molecule has 4 heteroatoms. The fraction of sp³-hybridized carbons (Fsp3) is 0.467. The third-order valence-electron chi connectivity index (χ3n) is 3.05. The van der Waals surface area contributed by atoms with Gasteiger partial charge in [0.05, 0.1) is 5.69 Å². The number of nitrogens with zero attached hydrogens (tertiary/aromatic N) is 2. The molecule has 0 aliphatic heterocycles. The molecule has 1 atom stereocenters. The van der Waals surface area contributed by atoms with Gasteiger partial charge in [-0.3, -0.25) is 0 Å². The molecule has 0 saturated heterocycles. The number of nitrogens with two attached hydrogens (primary N) is 1. The zero-order chi connectivity index (χ0) is 14.1. The molecule has 0 saturated carbocycles. The lowest BCUT2D eigenvalue weighted by Gasteiger charge is -2.10. The molecule has 0 aliphatic rings. The lowest BCUT2D eigenvalue weighted by Crippen LogP contribution is -2.06. The van der Waals surface area contributed by atoms with E-state index in [0.29, 0.717) is 5.82 Å². The summed E-state index contributed by atoms with van der Waals surface area (Å²) in [5.41, 5.74) is 7.94. The summed E-state index contributed by atoms with van der Waals surface area (Å²) < 4.78 is 0. The highest BCUT2D eigenvalue weighted by Crippen LogP contribution is 2.21. The van der Waals surface area contributed by atoms with Crippen molar-refractivity contribution in [1.82, 2.24) is 15.5 Å². The lowest BCUT2D eigenvalue weighted by molar-refractivity contribution is 0.779. The molecule has 0 amide bonds. The number of likely N-dealkylation sites (N-methyl/N-ethyl adjacent to an activating group) is 1. The number of anilines is 1. The Morgan fingerprint density at radius 1 is 1.42 bits per heavy atom. The Kier molecular flexibility index (Phi) is 6.82. The van der Waals surface area contributed by atoms with E-state index in [9.17, 15) is 0 Å². The van der Waals surface area contributed by atoms with E-state index in [4.69, 9.17) is 5.73 Å². The topological polar surface area (TPSA) is 63.8 Å². The van der Waals surface area contributed by atoms with Crippen LogP contribution < -0.4 is 11.1 Å². The van der Waals surface area contributed by atoms with E-state index in [0.717, 1.165) is 25.1 Å². The molecule has 0 spiro atoms. The maximum Gasteiger partial charge on any atom is 0.146 e. The van der Waals surface area contributed by atoms with Crippen LogP contribution in [0.5, 0.6) is 0 Å². The van der Waals surface area contributed by atoms with Gasteiger partial charge >= 0.3 is 0 Å². The highest BCUT2D eigenvalue weighted by molar-refractivity contribution is 5.28. The highest BCUT2D eigenvalue weighted by Gasteiger charge is 2.08. The molecular weight excluding hydrogens is 236 g/mol. The molecule has 1 aromatic rings. The first-order valence-corrected chi connectivity index (χ1v) is 6.73. The zero-order valence-electron chi connectivity index (χ0n) is 12.1. The van der Waals surface area contributed by atoms with Crippen LogP contribution in [0.2, 0.25) is 0 Å². The van der Waals surface area contributed by atoms with Gasteiger partial charge in [-0.2, -0.15) is 5.10 Å². The Morgan fingerprint density at radius 2 is 2.21 bits per heavy atom. The van der Waals surface area contributed by atoms with Crippen molar-refractivity contribution in [3.63, 3.8) is 0 Å². The number of hydrogen-bond acceptors (Lipinski definition) is 4. The number of nitrogen functional groups attached to an aromatic ring is 1. The lowest BCUT2D eigenvalue weighted by atomic mass is 9.98. The normalized spacial score (nSPS) is 13.9. The molecule has 1 unspecified atom stereocenters. The van der Waals surface area contributed by atoms with Crippen molar-refractivity contribution in [2.24, 2.45) is 0 Å². The van der Waals surface area contributed by atoms with Crippen LogP contribution in [0.4, 0.5) is 5.82 Å². The molecule has 0 aromatic carbocycles. The summed E-state index contributed by atoms with van der Waals surface area (Å²) in [6, 6.07) is 3.75. The van der Waals surface area contributed by atoms with Crippen LogP contribution in [0.25, 0.3) is 0 Å². The minimum atomic E-state index is 0.253. The summed E-state index contributed by atoms with van der Waals surface area (Å²) in [5.74, 6) is 0.713. The van der Waals surface area contributed by atoms with Gasteiger partial charge in [-0.05, 0) is 38.9 Å². The quantitative estimate of drug-likeness (QED) is 0.740. The van der Waals surface area contributed by atoms with E-state index in [-0.39, 0.29) is 5.92 Å². The first-order valence-electron chi connectivity index (χ1n) is 6.73. The predicted molar refractivity (Wildman–Crippen MR) is 80.9 cm³/mol. The SMILES string of the molecule is CC/C(C)=C/CC(/C=C/CNC)c1ccc(N)nn1. The van der Waals surface area contributed by atoms with E-state index in [1.807, 2.05) is 13.1 Å². The van der Waals surface area contributed by atoms with Crippen LogP contribution in [0.15, 0.2) is 35.9 Å². The summed E-state index contributed by atoms with van der Waals surface area (Å²) in [7, 11) is 1.93. The number of nitrogens with one attached hydrogen (secondary N) is 1. The van der Waals surface area contributed by atoms with Crippen molar-refractivity contribution in [3.05, 3.63) is 41.6 Å². The van der Waals surface area contributed by atoms with E-state index in [2.05, 4.69) is 47.6 Å². The number of rotatable bonds is 7. The van der Waals surface area contributed by atoms with Gasteiger partial charge in [0.1, 0.15) is 5.82 Å². The molecule has 4 nitrogen and oxygen atoms in total. The molecule has 3 N–H and O–H groups in total. The van der Waals surface area contributed by atoms with Gasteiger partial charge in [-0.1, -0.05) is 30.7 Å². The van der Waals surface area contributed by atoms with Crippen LogP contribution in [-0.2, 0) is 0 Å². The van der Waals surface area contributed by atoms with Crippen molar-refractivity contribution in [2.75, 3.05) is 19.3 Å². The van der Waals surface area contributed by atoms with Crippen molar-refractivity contribution in [2.45, 2.75) is 32.6 Å². The van der Waals surface area contributed by atoms with E-state index in [1.54, 1.807) is 6.07 Å². The van der Waals surface area contributed by atoms with Gasteiger partial charge in [0.15, 0.2) is 0 Å². The Balaban J connectivity index is 2.82. The summed E-state index contributed by atoms with van der Waals surface area (Å²) in [6.45, 7) is 5.18. The van der Waals surface area contributed by atoms with Gasteiger partial charge in [0, 0.05) is 12.5 Å². The zero-order valence-corrected chi connectivity index (χ0v) is 12.1. The summed E-state index contributed by atoms with van der Waals surface area (Å²) >= 11 is 0. The van der Waals surface area contributed by atoms with Crippen molar-refractivity contribution >= 4 is 5.82 Å². The maximum absolute atomic E-state index is 5.58. The van der Waals surface area contributed by atoms with Gasteiger partial charge in [-0.25, -0.2) is 0 Å². The minimum absolute atomic E-state index is 0.253. The first-order chi connectivity index (χ1) is 9.17. The Bertz CT molecular complexity index is 420. The average molecular weight is 260 g/mol. The van der Waals surface area contributed by atoms with Crippen molar-refractivity contribution in [1.29, 1.82) is 0 Å². The van der Waals surface area contributed by atoms with Crippen LogP contribution in [-0.4, -0.2) is 23.8 Å². The Labute approximate surface area is 115 Å². The summed E-state index contributed by atoms with van der Waals surface area (Å²) in [4.78, 5) is 0. The third-order valence-corrected chi connectivity index (χ3v) is 3.05. The average Bonchev–Trinajstić information content (AvgIpc) is 2.43. The molecule has 0 bridgehead atoms. The van der Waals surface area contributed by atoms with Crippen LogP contribution in [0.3, 0.4) is 0 Å². The maximum atomic E-state index is 5.58. The van der Waals surface area contributed by atoms with Crippen LogP contribution >= 0.6 is 0 Å². The minimum Gasteiger partial charge on any atom is -0.382 e. The standard InChI is InChI=1S/C15H24N4/c1-4-12(2)7-8-13(6-5-11-17-3)14-9-10-15(16)19-18-14/h5-7,9-10,13,17H,4,8,11H2,1-3H3,(H2,16,19)/b6-5+,12-7+. The monoisotopic (exact) mass is 260 g/mol. The Morgan fingerprint density at radius 3 is 2.79 bits per heavy atom. The number of allylic oxidation sites excluding steroid dienone is 3. The first kappa shape index (κ1) is 15.4. The largest absolute Gasteiger partial charge is 0.382 e. The van der Waals surface area contributed by atoms with E-state index in [1.165, 1.54) is 5.57 Å². The second-order valence-corrected chi connectivity index (χ2v) is 4.62. The molecule has 0 aliphatic carbocycles.